The number of hydrogen-bond donors (Lipinski definition) is 3. The number of carbonyl (C=O) groups is 4. The highest BCUT2D eigenvalue weighted by Gasteiger charge is 2.61. The first-order chi connectivity index (χ1) is 23.7. The number of thiophene rings is 1. The second kappa shape index (κ2) is 13.8. The van der Waals surface area contributed by atoms with Gasteiger partial charge in [0.25, 0.3) is 0 Å². The summed E-state index contributed by atoms with van der Waals surface area (Å²) in [7, 11) is 1.79. The maximum Gasteiger partial charge on any atom is 0.408 e. The summed E-state index contributed by atoms with van der Waals surface area (Å²) in [6.45, 7) is 0.0358. The molecule has 15 heteroatoms. The van der Waals surface area contributed by atoms with Crippen LogP contribution in [0.3, 0.4) is 0 Å². The molecule has 7 rings (SSSR count). The number of carbonyl (C=O) groups excluding carboxylic acids is 3. The number of aliphatic carboxylic acids is 1. The number of hydrogen-bond acceptors (Lipinski definition) is 10. The Morgan fingerprint density at radius 1 is 1.08 bits per heavy atom. The van der Waals surface area contributed by atoms with Gasteiger partial charge in [-0.2, -0.15) is 10.1 Å². The molecule has 3 N–H and O–H groups in total. The summed E-state index contributed by atoms with van der Waals surface area (Å²) in [5.74, 6) is -1.71. The van der Waals surface area contributed by atoms with Gasteiger partial charge < -0.3 is 30.1 Å². The molecule has 0 bridgehead atoms. The van der Waals surface area contributed by atoms with Gasteiger partial charge in [0.15, 0.2) is 5.82 Å². The molecule has 0 radical (unpaired) electrons. The lowest BCUT2D eigenvalue weighted by Crippen LogP contribution is -2.56. The van der Waals surface area contributed by atoms with Crippen LogP contribution in [0.4, 0.5) is 4.79 Å². The van der Waals surface area contributed by atoms with Gasteiger partial charge >= 0.3 is 12.1 Å². The number of allylic oxidation sites excluding steroid dienone is 1. The van der Waals surface area contributed by atoms with Gasteiger partial charge in [-0.05, 0) is 68.9 Å². The molecule has 0 aromatic carbocycles. The van der Waals surface area contributed by atoms with Gasteiger partial charge in [-0.15, -0.1) is 11.3 Å². The van der Waals surface area contributed by atoms with Crippen LogP contribution in [0.5, 0.6) is 5.88 Å². The van der Waals surface area contributed by atoms with Gasteiger partial charge in [0.05, 0.1) is 12.1 Å². The number of aryl methyl sites for hydroxylation is 1. The van der Waals surface area contributed by atoms with Crippen molar-refractivity contribution in [2.45, 2.75) is 100 Å². The molecular weight excluding hydrogens is 650 g/mol. The first kappa shape index (κ1) is 33.0. The Morgan fingerprint density at radius 3 is 2.67 bits per heavy atom. The van der Waals surface area contributed by atoms with Crippen LogP contribution < -0.4 is 15.4 Å². The summed E-state index contributed by atoms with van der Waals surface area (Å²) >= 11 is 1.42. The van der Waals surface area contributed by atoms with Crippen molar-refractivity contribution < 1.29 is 33.8 Å². The summed E-state index contributed by atoms with van der Waals surface area (Å²) in [6, 6.07) is 1.72. The Hall–Kier alpha value is -4.53. The second-order valence-corrected chi connectivity index (χ2v) is 14.4. The van der Waals surface area contributed by atoms with Gasteiger partial charge in [0.2, 0.25) is 17.7 Å². The Morgan fingerprint density at radius 2 is 1.90 bits per heavy atom. The van der Waals surface area contributed by atoms with Crippen molar-refractivity contribution in [1.82, 2.24) is 35.3 Å². The van der Waals surface area contributed by atoms with Gasteiger partial charge in [-0.3, -0.25) is 14.3 Å². The predicted molar refractivity (Wildman–Crippen MR) is 179 cm³/mol. The standard InChI is InChI=1S/C34H41N7O7S/c1-40-25(13-15-35-40)28-36-23-14-16-49-27(23)30(38-28)47-22-17-26-29(42)39-34(32(44)45)18-20(34)9-5-3-2-4-6-12-24(31(43)41(26)19-22)37-33(46)48-21-10-7-8-11-21/h5,9,13-16,20-22,24,26H,2-4,6-8,10-12,17-19H2,1H3,(H,37,46)(H,39,42)(H,44,45)/b9-5-/t20-,22-,24+,26+,34-/m1/s1. The van der Waals surface area contributed by atoms with E-state index < -0.39 is 47.6 Å². The minimum Gasteiger partial charge on any atom is -0.479 e. The first-order valence-electron chi connectivity index (χ1n) is 17.1. The highest BCUT2D eigenvalue weighted by atomic mass is 32.1. The molecule has 3 amide bonds. The fraction of sp³-hybridized carbons (Fsp3) is 0.559. The van der Waals surface area contributed by atoms with Crippen LogP contribution in [-0.4, -0.2) is 90.0 Å². The Kier molecular flexibility index (Phi) is 9.27. The molecule has 260 valence electrons. The lowest BCUT2D eigenvalue weighted by Gasteiger charge is -2.29. The SMILES string of the molecule is Cn1nccc1-c1nc(O[C@@H]2C[C@H]3C(=O)N[C@]4(C(=O)O)C[C@H]4/C=C\CCCCC[C@H](NC(=O)OC4CCCC4)C(=O)N3C2)c2sccc2n1. The van der Waals surface area contributed by atoms with Crippen molar-refractivity contribution in [1.29, 1.82) is 0 Å². The molecule has 2 aliphatic carbocycles. The van der Waals surface area contributed by atoms with Crippen molar-refractivity contribution in [3.05, 3.63) is 35.9 Å². The maximum atomic E-state index is 14.4. The lowest BCUT2D eigenvalue weighted by molar-refractivity contribution is -0.145. The van der Waals surface area contributed by atoms with Crippen molar-refractivity contribution in [2.75, 3.05) is 6.54 Å². The van der Waals surface area contributed by atoms with Crippen molar-refractivity contribution in [2.24, 2.45) is 13.0 Å². The highest BCUT2D eigenvalue weighted by Crippen LogP contribution is 2.45. The summed E-state index contributed by atoms with van der Waals surface area (Å²) in [5, 5.41) is 21.9. The van der Waals surface area contributed by atoms with Gasteiger partial charge in [-0.1, -0.05) is 25.0 Å². The number of ether oxygens (including phenoxy) is 2. The number of nitrogens with one attached hydrogen (secondary N) is 2. The van der Waals surface area contributed by atoms with Crippen LogP contribution in [0.1, 0.15) is 70.6 Å². The van der Waals surface area contributed by atoms with E-state index in [9.17, 15) is 24.3 Å². The van der Waals surface area contributed by atoms with E-state index in [1.54, 1.807) is 24.0 Å². The van der Waals surface area contributed by atoms with E-state index in [-0.39, 0.29) is 31.4 Å². The quantitative estimate of drug-likeness (QED) is 0.321. The summed E-state index contributed by atoms with van der Waals surface area (Å²) in [5.41, 5.74) is -0.0519. The molecule has 14 nitrogen and oxygen atoms in total. The number of aromatic nitrogens is 4. The predicted octanol–water partition coefficient (Wildman–Crippen LogP) is 3.96. The normalized spacial score (nSPS) is 28.6. The van der Waals surface area contributed by atoms with Gasteiger partial charge in [-0.25, -0.2) is 14.6 Å². The molecule has 1 saturated heterocycles. The molecule has 3 aromatic heterocycles. The number of alkyl carbamates (subject to hydrolysis) is 1. The fourth-order valence-electron chi connectivity index (χ4n) is 7.26. The van der Waals surface area contributed by atoms with E-state index in [0.717, 1.165) is 49.6 Å². The van der Waals surface area contributed by atoms with Gasteiger partial charge in [0, 0.05) is 25.6 Å². The van der Waals surface area contributed by atoms with E-state index >= 15 is 0 Å². The fourth-order valence-corrected chi connectivity index (χ4v) is 8.02. The molecular formula is C34H41N7O7S. The zero-order valence-electron chi connectivity index (χ0n) is 27.4. The molecule has 49 heavy (non-hydrogen) atoms. The average molecular weight is 692 g/mol. The number of fused-ring (bicyclic) bond motifs is 3. The third-order valence-electron chi connectivity index (χ3n) is 10.1. The minimum absolute atomic E-state index is 0.0358. The van der Waals surface area contributed by atoms with E-state index in [2.05, 4.69) is 20.7 Å². The van der Waals surface area contributed by atoms with E-state index in [1.165, 1.54) is 16.2 Å². The van der Waals surface area contributed by atoms with Crippen LogP contribution in [0, 0.1) is 5.92 Å². The van der Waals surface area contributed by atoms with Gasteiger partial charge in [0.1, 0.15) is 40.2 Å². The minimum atomic E-state index is -1.43. The molecule has 2 aliphatic heterocycles. The second-order valence-electron chi connectivity index (χ2n) is 13.5. The molecule has 3 aromatic rings. The smallest absolute Gasteiger partial charge is 0.408 e. The zero-order valence-corrected chi connectivity index (χ0v) is 28.2. The van der Waals surface area contributed by atoms with Crippen LogP contribution in [0.15, 0.2) is 35.9 Å². The third kappa shape index (κ3) is 6.85. The highest BCUT2D eigenvalue weighted by molar-refractivity contribution is 7.17. The molecule has 5 atom stereocenters. The Bertz CT molecular complexity index is 1770. The summed E-state index contributed by atoms with van der Waals surface area (Å²) in [4.78, 5) is 64.7. The lowest BCUT2D eigenvalue weighted by atomic mass is 10.0. The number of carboxylic acid groups (broad SMARTS) is 1. The molecule has 2 saturated carbocycles. The number of amides is 3. The largest absolute Gasteiger partial charge is 0.479 e. The van der Waals surface area contributed by atoms with Crippen molar-refractivity contribution in [3.8, 4) is 17.4 Å². The average Bonchev–Trinajstić information content (AvgIpc) is 3.67. The zero-order chi connectivity index (χ0) is 34.1. The Labute approximate surface area is 287 Å². The molecule has 5 heterocycles. The van der Waals surface area contributed by atoms with Crippen LogP contribution in [-0.2, 0) is 26.2 Å². The van der Waals surface area contributed by atoms with Crippen molar-refractivity contribution >= 4 is 45.4 Å². The maximum absolute atomic E-state index is 14.4. The summed E-state index contributed by atoms with van der Waals surface area (Å²) in [6.07, 6.45) is 11.4. The number of nitrogens with zero attached hydrogens (tertiary/aromatic N) is 5. The molecule has 4 aliphatic rings. The third-order valence-corrected chi connectivity index (χ3v) is 11.0. The van der Waals surface area contributed by atoms with E-state index in [1.807, 2.05) is 23.6 Å². The van der Waals surface area contributed by atoms with Crippen LogP contribution in [0.25, 0.3) is 21.7 Å². The van der Waals surface area contributed by atoms with Crippen molar-refractivity contribution in [3.63, 3.8) is 0 Å². The molecule has 0 unspecified atom stereocenters. The van der Waals surface area contributed by atoms with Crippen LogP contribution >= 0.6 is 11.3 Å². The van der Waals surface area contributed by atoms with E-state index in [4.69, 9.17) is 14.5 Å². The summed E-state index contributed by atoms with van der Waals surface area (Å²) < 4.78 is 14.5. The number of carboxylic acids is 1. The number of rotatable bonds is 6. The molecule has 3 fully saturated rings. The Balaban J connectivity index is 1.18. The topological polar surface area (TPSA) is 178 Å². The first-order valence-corrected chi connectivity index (χ1v) is 18.0. The van der Waals surface area contributed by atoms with E-state index in [0.29, 0.717) is 35.8 Å². The van der Waals surface area contributed by atoms with Crippen LogP contribution in [0.2, 0.25) is 0 Å². The monoisotopic (exact) mass is 691 g/mol. The molecule has 0 spiro atoms.